The summed E-state index contributed by atoms with van der Waals surface area (Å²) in [4.78, 5) is 2.56. The fourth-order valence-electron chi connectivity index (χ4n) is 2.17. The zero-order chi connectivity index (χ0) is 10.4. The van der Waals surface area contributed by atoms with Crippen LogP contribution in [0.2, 0.25) is 0 Å². The summed E-state index contributed by atoms with van der Waals surface area (Å²) in [6, 6.07) is 0.714. The zero-order valence-electron chi connectivity index (χ0n) is 9.75. The van der Waals surface area contributed by atoms with Crippen molar-refractivity contribution < 1.29 is 4.74 Å². The van der Waals surface area contributed by atoms with Gasteiger partial charge < -0.3 is 10.1 Å². The molecule has 0 radical (unpaired) electrons. The lowest BCUT2D eigenvalue weighted by atomic mass is 10.0. The molecule has 14 heavy (non-hydrogen) atoms. The molecule has 0 aromatic carbocycles. The van der Waals surface area contributed by atoms with Crippen molar-refractivity contribution in [3.05, 3.63) is 0 Å². The van der Waals surface area contributed by atoms with Crippen LogP contribution in [0.3, 0.4) is 0 Å². The SMILES string of the molecule is CNCC1CCCCN1CC(C)OC. The zero-order valence-corrected chi connectivity index (χ0v) is 9.75. The van der Waals surface area contributed by atoms with Gasteiger partial charge in [0.25, 0.3) is 0 Å². The summed E-state index contributed by atoms with van der Waals surface area (Å²) in [5.74, 6) is 0. The number of rotatable bonds is 5. The minimum absolute atomic E-state index is 0.354. The third kappa shape index (κ3) is 3.56. The van der Waals surface area contributed by atoms with Crippen LogP contribution in [-0.4, -0.2) is 50.8 Å². The van der Waals surface area contributed by atoms with Crippen LogP contribution in [0.1, 0.15) is 26.2 Å². The van der Waals surface area contributed by atoms with E-state index in [0.29, 0.717) is 12.1 Å². The van der Waals surface area contributed by atoms with Gasteiger partial charge in [0.2, 0.25) is 0 Å². The maximum atomic E-state index is 5.32. The standard InChI is InChI=1S/C11H24N2O/c1-10(14-3)9-13-7-5-4-6-11(13)8-12-2/h10-12H,4-9H2,1-3H3. The van der Waals surface area contributed by atoms with Crippen molar-refractivity contribution in [3.63, 3.8) is 0 Å². The van der Waals surface area contributed by atoms with Gasteiger partial charge in [0.15, 0.2) is 0 Å². The second-order valence-electron chi connectivity index (χ2n) is 4.25. The Balaban J connectivity index is 2.37. The van der Waals surface area contributed by atoms with Gasteiger partial charge in [-0.25, -0.2) is 0 Å². The number of likely N-dealkylation sites (tertiary alicyclic amines) is 1. The lowest BCUT2D eigenvalue weighted by Gasteiger charge is -2.36. The topological polar surface area (TPSA) is 24.5 Å². The van der Waals surface area contributed by atoms with E-state index in [1.807, 2.05) is 7.05 Å². The summed E-state index contributed by atoms with van der Waals surface area (Å²) in [7, 11) is 3.83. The van der Waals surface area contributed by atoms with Crippen molar-refractivity contribution in [1.82, 2.24) is 10.2 Å². The average Bonchev–Trinajstić information content (AvgIpc) is 2.21. The lowest BCUT2D eigenvalue weighted by molar-refractivity contribution is 0.0468. The summed E-state index contributed by atoms with van der Waals surface area (Å²) in [6.07, 6.45) is 4.41. The normalized spacial score (nSPS) is 26.4. The summed E-state index contributed by atoms with van der Waals surface area (Å²) in [6.45, 7) is 5.56. The van der Waals surface area contributed by atoms with Crippen LogP contribution in [0, 0.1) is 0 Å². The molecule has 1 heterocycles. The molecule has 1 fully saturated rings. The monoisotopic (exact) mass is 200 g/mol. The van der Waals surface area contributed by atoms with Crippen LogP contribution in [-0.2, 0) is 4.74 Å². The van der Waals surface area contributed by atoms with Gasteiger partial charge >= 0.3 is 0 Å². The maximum Gasteiger partial charge on any atom is 0.0670 e. The number of piperidine rings is 1. The van der Waals surface area contributed by atoms with Gasteiger partial charge in [0.05, 0.1) is 6.10 Å². The molecule has 1 aliphatic rings. The molecular weight excluding hydrogens is 176 g/mol. The first kappa shape index (κ1) is 12.0. The first-order valence-electron chi connectivity index (χ1n) is 5.69. The third-order valence-electron chi connectivity index (χ3n) is 3.08. The van der Waals surface area contributed by atoms with Crippen molar-refractivity contribution >= 4 is 0 Å². The van der Waals surface area contributed by atoms with E-state index in [1.54, 1.807) is 7.11 Å². The summed E-state index contributed by atoms with van der Waals surface area (Å²) in [5, 5.41) is 3.28. The molecule has 3 nitrogen and oxygen atoms in total. The predicted octanol–water partition coefficient (Wildman–Crippen LogP) is 1.10. The van der Waals surface area contributed by atoms with E-state index in [1.165, 1.54) is 25.8 Å². The highest BCUT2D eigenvalue weighted by atomic mass is 16.5. The van der Waals surface area contributed by atoms with E-state index in [4.69, 9.17) is 4.74 Å². The molecule has 2 atom stereocenters. The molecule has 84 valence electrons. The minimum atomic E-state index is 0.354. The van der Waals surface area contributed by atoms with Gasteiger partial charge in [0.1, 0.15) is 0 Å². The van der Waals surface area contributed by atoms with E-state index < -0.39 is 0 Å². The first-order chi connectivity index (χ1) is 6.77. The van der Waals surface area contributed by atoms with Gasteiger partial charge in [0, 0.05) is 26.2 Å². The Morgan fingerprint density at radius 2 is 2.29 bits per heavy atom. The molecule has 0 amide bonds. The van der Waals surface area contributed by atoms with Gasteiger partial charge in [-0.15, -0.1) is 0 Å². The van der Waals surface area contributed by atoms with E-state index in [9.17, 15) is 0 Å². The van der Waals surface area contributed by atoms with Gasteiger partial charge in [-0.05, 0) is 33.4 Å². The predicted molar refractivity (Wildman–Crippen MR) is 59.6 cm³/mol. The number of hydrogen-bond donors (Lipinski definition) is 1. The Bertz CT molecular complexity index is 150. The molecular formula is C11H24N2O. The van der Waals surface area contributed by atoms with Crippen LogP contribution in [0.4, 0.5) is 0 Å². The third-order valence-corrected chi connectivity index (χ3v) is 3.08. The van der Waals surface area contributed by atoms with E-state index in [0.717, 1.165) is 13.1 Å². The summed E-state index contributed by atoms with van der Waals surface area (Å²) in [5.41, 5.74) is 0. The molecule has 0 bridgehead atoms. The molecule has 2 unspecified atom stereocenters. The molecule has 0 aromatic heterocycles. The summed E-state index contributed by atoms with van der Waals surface area (Å²) < 4.78 is 5.32. The number of ether oxygens (including phenoxy) is 1. The van der Waals surface area contributed by atoms with E-state index >= 15 is 0 Å². The molecule has 0 aliphatic carbocycles. The molecule has 0 spiro atoms. The van der Waals surface area contributed by atoms with Crippen molar-refractivity contribution in [2.45, 2.75) is 38.3 Å². The molecule has 1 aliphatic heterocycles. The minimum Gasteiger partial charge on any atom is -0.380 e. The van der Waals surface area contributed by atoms with E-state index in [2.05, 4.69) is 17.1 Å². The summed E-state index contributed by atoms with van der Waals surface area (Å²) >= 11 is 0. The number of hydrogen-bond acceptors (Lipinski definition) is 3. The fraction of sp³-hybridized carbons (Fsp3) is 1.00. The smallest absolute Gasteiger partial charge is 0.0670 e. The van der Waals surface area contributed by atoms with Crippen LogP contribution >= 0.6 is 0 Å². The van der Waals surface area contributed by atoms with Gasteiger partial charge in [-0.1, -0.05) is 6.42 Å². The Morgan fingerprint density at radius 3 is 2.93 bits per heavy atom. The Kier molecular flexibility index (Phi) is 5.45. The Morgan fingerprint density at radius 1 is 1.50 bits per heavy atom. The van der Waals surface area contributed by atoms with Gasteiger partial charge in [-0.3, -0.25) is 4.90 Å². The van der Waals surface area contributed by atoms with Crippen molar-refractivity contribution in [2.24, 2.45) is 0 Å². The van der Waals surface area contributed by atoms with Crippen molar-refractivity contribution in [2.75, 3.05) is 33.8 Å². The van der Waals surface area contributed by atoms with Gasteiger partial charge in [-0.2, -0.15) is 0 Å². The maximum absolute atomic E-state index is 5.32. The highest BCUT2D eigenvalue weighted by molar-refractivity contribution is 4.79. The van der Waals surface area contributed by atoms with Crippen LogP contribution in [0.5, 0.6) is 0 Å². The molecule has 1 rings (SSSR count). The highest BCUT2D eigenvalue weighted by Gasteiger charge is 2.22. The Hall–Kier alpha value is -0.120. The highest BCUT2D eigenvalue weighted by Crippen LogP contribution is 2.16. The molecule has 0 saturated carbocycles. The van der Waals surface area contributed by atoms with E-state index in [-0.39, 0.29) is 0 Å². The van der Waals surface area contributed by atoms with Crippen molar-refractivity contribution in [1.29, 1.82) is 0 Å². The van der Waals surface area contributed by atoms with Crippen LogP contribution in [0.15, 0.2) is 0 Å². The lowest BCUT2D eigenvalue weighted by Crippen LogP contribution is -2.47. The molecule has 1 saturated heterocycles. The van der Waals surface area contributed by atoms with Crippen LogP contribution in [0.25, 0.3) is 0 Å². The second-order valence-corrected chi connectivity index (χ2v) is 4.25. The molecule has 0 aromatic rings. The largest absolute Gasteiger partial charge is 0.380 e. The van der Waals surface area contributed by atoms with Crippen LogP contribution < -0.4 is 5.32 Å². The second kappa shape index (κ2) is 6.38. The number of nitrogens with zero attached hydrogens (tertiary/aromatic N) is 1. The Labute approximate surface area is 87.8 Å². The number of nitrogens with one attached hydrogen (secondary N) is 1. The quantitative estimate of drug-likeness (QED) is 0.719. The van der Waals surface area contributed by atoms with Crippen molar-refractivity contribution in [3.8, 4) is 0 Å². The fourth-order valence-corrected chi connectivity index (χ4v) is 2.17. The number of likely N-dealkylation sites (N-methyl/N-ethyl adjacent to an activating group) is 1. The molecule has 1 N–H and O–H groups in total. The first-order valence-corrected chi connectivity index (χ1v) is 5.69. The molecule has 3 heteroatoms. The average molecular weight is 200 g/mol. The number of methoxy groups -OCH3 is 1.